The Hall–Kier alpha value is -1.00. The Morgan fingerprint density at radius 2 is 2.07 bits per heavy atom. The van der Waals surface area contributed by atoms with Gasteiger partial charge >= 0.3 is 12.1 Å². The van der Waals surface area contributed by atoms with Crippen LogP contribution in [0.25, 0.3) is 0 Å². The lowest BCUT2D eigenvalue weighted by Gasteiger charge is -2.26. The van der Waals surface area contributed by atoms with Crippen LogP contribution in [0.3, 0.4) is 0 Å². The number of alkyl halides is 3. The first kappa shape index (κ1) is 12.1. The maximum atomic E-state index is 12.4. The van der Waals surface area contributed by atoms with E-state index in [-0.39, 0.29) is 18.4 Å². The number of carboxylic acids is 1. The maximum Gasteiger partial charge on any atom is 0.392 e. The molecule has 0 aliphatic heterocycles. The normalized spacial score (nSPS) is 26.3. The average molecular weight is 222 g/mol. The molecule has 0 spiro atoms. The summed E-state index contributed by atoms with van der Waals surface area (Å²) in [7, 11) is 0. The van der Waals surface area contributed by atoms with Crippen molar-refractivity contribution in [3.63, 3.8) is 0 Å². The average Bonchev–Trinajstić information content (AvgIpc) is 2.15. The molecule has 0 radical (unpaired) electrons. The molecule has 5 heteroatoms. The SMILES string of the molecule is CC(C(=O)O)=C1CCCC(C(F)(F)F)C1. The van der Waals surface area contributed by atoms with Gasteiger partial charge < -0.3 is 5.11 Å². The number of carboxylic acid groups (broad SMARTS) is 1. The van der Waals surface area contributed by atoms with Gasteiger partial charge in [0.2, 0.25) is 0 Å². The molecule has 1 fully saturated rings. The molecule has 1 saturated carbocycles. The zero-order chi connectivity index (χ0) is 11.6. The monoisotopic (exact) mass is 222 g/mol. The Labute approximate surface area is 85.8 Å². The second-order valence-corrected chi connectivity index (χ2v) is 3.87. The summed E-state index contributed by atoms with van der Waals surface area (Å²) < 4.78 is 37.2. The third-order valence-electron chi connectivity index (χ3n) is 2.84. The zero-order valence-electron chi connectivity index (χ0n) is 8.40. The Morgan fingerprint density at radius 1 is 1.47 bits per heavy atom. The molecule has 0 aromatic carbocycles. The molecule has 15 heavy (non-hydrogen) atoms. The Morgan fingerprint density at radius 3 is 2.53 bits per heavy atom. The quantitative estimate of drug-likeness (QED) is 0.692. The third-order valence-corrected chi connectivity index (χ3v) is 2.84. The van der Waals surface area contributed by atoms with E-state index in [1.165, 1.54) is 6.92 Å². The molecule has 0 heterocycles. The molecule has 2 nitrogen and oxygen atoms in total. The fourth-order valence-electron chi connectivity index (χ4n) is 1.83. The number of aliphatic carboxylic acids is 1. The predicted octanol–water partition coefficient (Wildman–Crippen LogP) is 3.14. The van der Waals surface area contributed by atoms with Gasteiger partial charge in [0, 0.05) is 5.57 Å². The van der Waals surface area contributed by atoms with Crippen LogP contribution >= 0.6 is 0 Å². The number of hydrogen-bond donors (Lipinski definition) is 1. The molecule has 0 bridgehead atoms. The van der Waals surface area contributed by atoms with Gasteiger partial charge in [-0.15, -0.1) is 0 Å². The van der Waals surface area contributed by atoms with E-state index < -0.39 is 18.1 Å². The summed E-state index contributed by atoms with van der Waals surface area (Å²) in [6.45, 7) is 1.37. The first-order valence-electron chi connectivity index (χ1n) is 4.81. The van der Waals surface area contributed by atoms with Gasteiger partial charge in [0.25, 0.3) is 0 Å². The van der Waals surface area contributed by atoms with Gasteiger partial charge in [-0.2, -0.15) is 13.2 Å². The van der Waals surface area contributed by atoms with E-state index in [1.54, 1.807) is 0 Å². The Bertz CT molecular complexity index is 292. The lowest BCUT2D eigenvalue weighted by Crippen LogP contribution is -2.26. The van der Waals surface area contributed by atoms with Crippen molar-refractivity contribution in [3.8, 4) is 0 Å². The summed E-state index contributed by atoms with van der Waals surface area (Å²) in [5, 5.41) is 8.68. The molecule has 86 valence electrons. The van der Waals surface area contributed by atoms with E-state index in [0.29, 0.717) is 18.4 Å². The molecule has 1 aliphatic rings. The summed E-state index contributed by atoms with van der Waals surface area (Å²) in [6, 6.07) is 0. The largest absolute Gasteiger partial charge is 0.478 e. The van der Waals surface area contributed by atoms with Crippen molar-refractivity contribution in [2.75, 3.05) is 0 Å². The minimum atomic E-state index is -4.20. The fraction of sp³-hybridized carbons (Fsp3) is 0.700. The summed E-state index contributed by atoms with van der Waals surface area (Å²) >= 11 is 0. The second-order valence-electron chi connectivity index (χ2n) is 3.87. The van der Waals surface area contributed by atoms with Crippen LogP contribution in [0.4, 0.5) is 13.2 Å². The van der Waals surface area contributed by atoms with E-state index in [1.807, 2.05) is 0 Å². The summed E-state index contributed by atoms with van der Waals surface area (Å²) in [5.41, 5.74) is 0.514. The van der Waals surface area contributed by atoms with E-state index in [0.717, 1.165) is 0 Å². The predicted molar refractivity (Wildman–Crippen MR) is 48.3 cm³/mol. The van der Waals surface area contributed by atoms with Crippen molar-refractivity contribution >= 4 is 5.97 Å². The third kappa shape index (κ3) is 2.97. The van der Waals surface area contributed by atoms with Gasteiger partial charge in [-0.25, -0.2) is 4.79 Å². The van der Waals surface area contributed by atoms with Crippen LogP contribution in [0.2, 0.25) is 0 Å². The summed E-state index contributed by atoms with van der Waals surface area (Å²) in [5.74, 6) is -2.48. The first-order chi connectivity index (χ1) is 6.82. The van der Waals surface area contributed by atoms with Gasteiger partial charge in [0.15, 0.2) is 0 Å². The first-order valence-corrected chi connectivity index (χ1v) is 4.81. The molecule has 1 N–H and O–H groups in total. The fourth-order valence-corrected chi connectivity index (χ4v) is 1.83. The van der Waals surface area contributed by atoms with Gasteiger partial charge in [-0.05, 0) is 32.6 Å². The van der Waals surface area contributed by atoms with E-state index in [4.69, 9.17) is 5.11 Å². The highest BCUT2D eigenvalue weighted by atomic mass is 19.4. The minimum Gasteiger partial charge on any atom is -0.478 e. The lowest BCUT2D eigenvalue weighted by molar-refractivity contribution is -0.178. The summed E-state index contributed by atoms with van der Waals surface area (Å²) in [6.07, 6.45) is -3.35. The Kier molecular flexibility index (Phi) is 3.42. The molecule has 0 aromatic heterocycles. The molecule has 1 rings (SSSR count). The van der Waals surface area contributed by atoms with Gasteiger partial charge in [-0.1, -0.05) is 5.57 Å². The van der Waals surface area contributed by atoms with Gasteiger partial charge in [0.1, 0.15) is 0 Å². The van der Waals surface area contributed by atoms with Crippen molar-refractivity contribution in [2.45, 2.75) is 38.8 Å². The van der Waals surface area contributed by atoms with Crippen LogP contribution in [0.1, 0.15) is 32.6 Å². The maximum absolute atomic E-state index is 12.4. The topological polar surface area (TPSA) is 37.3 Å². The highest BCUT2D eigenvalue weighted by Gasteiger charge is 2.41. The molecular weight excluding hydrogens is 209 g/mol. The minimum absolute atomic E-state index is 0.0731. The van der Waals surface area contributed by atoms with E-state index in [9.17, 15) is 18.0 Å². The number of rotatable bonds is 1. The Balaban J connectivity index is 2.81. The lowest BCUT2D eigenvalue weighted by atomic mass is 9.83. The smallest absolute Gasteiger partial charge is 0.392 e. The standard InChI is InChI=1S/C10H13F3O2/c1-6(9(14)15)7-3-2-4-8(5-7)10(11,12)13/h8H,2-5H2,1H3,(H,14,15). The van der Waals surface area contributed by atoms with Gasteiger partial charge in [0.05, 0.1) is 5.92 Å². The molecule has 1 unspecified atom stereocenters. The van der Waals surface area contributed by atoms with Crippen molar-refractivity contribution < 1.29 is 23.1 Å². The number of hydrogen-bond acceptors (Lipinski definition) is 1. The van der Waals surface area contributed by atoms with Crippen LogP contribution in [0.5, 0.6) is 0 Å². The van der Waals surface area contributed by atoms with Crippen LogP contribution < -0.4 is 0 Å². The van der Waals surface area contributed by atoms with Crippen molar-refractivity contribution in [3.05, 3.63) is 11.1 Å². The van der Waals surface area contributed by atoms with E-state index >= 15 is 0 Å². The molecule has 0 aromatic rings. The molecule has 1 atom stereocenters. The highest BCUT2D eigenvalue weighted by molar-refractivity contribution is 5.86. The zero-order valence-corrected chi connectivity index (χ0v) is 8.40. The van der Waals surface area contributed by atoms with Crippen LogP contribution in [0.15, 0.2) is 11.1 Å². The number of carbonyl (C=O) groups is 1. The van der Waals surface area contributed by atoms with Crippen molar-refractivity contribution in [1.82, 2.24) is 0 Å². The molecule has 1 aliphatic carbocycles. The number of halogens is 3. The van der Waals surface area contributed by atoms with E-state index in [2.05, 4.69) is 0 Å². The van der Waals surface area contributed by atoms with Crippen LogP contribution in [0, 0.1) is 5.92 Å². The van der Waals surface area contributed by atoms with Gasteiger partial charge in [-0.3, -0.25) is 0 Å². The molecule has 0 amide bonds. The van der Waals surface area contributed by atoms with Crippen LogP contribution in [-0.2, 0) is 4.79 Å². The summed E-state index contributed by atoms with van der Waals surface area (Å²) in [4.78, 5) is 10.6. The highest BCUT2D eigenvalue weighted by Crippen LogP contribution is 2.40. The molecular formula is C10H13F3O2. The van der Waals surface area contributed by atoms with Crippen molar-refractivity contribution in [2.24, 2.45) is 5.92 Å². The van der Waals surface area contributed by atoms with Crippen LogP contribution in [-0.4, -0.2) is 17.3 Å². The molecule has 0 saturated heterocycles. The van der Waals surface area contributed by atoms with Crippen molar-refractivity contribution in [1.29, 1.82) is 0 Å². The number of allylic oxidation sites excluding steroid dienone is 1. The second kappa shape index (κ2) is 4.24.